The zero-order valence-corrected chi connectivity index (χ0v) is 16.2. The third-order valence-electron chi connectivity index (χ3n) is 4.44. The van der Waals surface area contributed by atoms with Crippen LogP contribution in [0.4, 0.5) is 0 Å². The minimum Gasteiger partial charge on any atom is -0.490 e. The van der Waals surface area contributed by atoms with Gasteiger partial charge in [-0.3, -0.25) is 4.79 Å². The third kappa shape index (κ3) is 5.21. The van der Waals surface area contributed by atoms with E-state index in [2.05, 4.69) is 15.5 Å². The van der Waals surface area contributed by atoms with Gasteiger partial charge in [-0.1, -0.05) is 25.1 Å². The fraction of sp³-hybridized carbons (Fsp3) is 0.550. The summed E-state index contributed by atoms with van der Waals surface area (Å²) in [6, 6.07) is 5.70. The third-order valence-corrected chi connectivity index (χ3v) is 4.44. The summed E-state index contributed by atoms with van der Waals surface area (Å²) < 4.78 is 16.6. The van der Waals surface area contributed by atoms with Crippen molar-refractivity contribution in [2.45, 2.75) is 58.4 Å². The van der Waals surface area contributed by atoms with Crippen molar-refractivity contribution in [3.8, 4) is 11.5 Å². The number of fused-ring (bicyclic) bond motifs is 1. The predicted octanol–water partition coefficient (Wildman–Crippen LogP) is 3.55. The van der Waals surface area contributed by atoms with E-state index < -0.39 is 0 Å². The first-order valence-electron chi connectivity index (χ1n) is 9.54. The quantitative estimate of drug-likeness (QED) is 0.799. The highest BCUT2D eigenvalue weighted by atomic mass is 16.5. The first-order chi connectivity index (χ1) is 13.0. The lowest BCUT2D eigenvalue weighted by atomic mass is 10.1. The molecule has 1 atom stereocenters. The van der Waals surface area contributed by atoms with Gasteiger partial charge in [-0.2, -0.15) is 4.98 Å². The zero-order chi connectivity index (χ0) is 19.2. The molecule has 0 spiro atoms. The molecule has 1 unspecified atom stereocenters. The Balaban J connectivity index is 1.48. The molecule has 0 fully saturated rings. The second-order valence-corrected chi connectivity index (χ2v) is 7.10. The second-order valence-electron chi connectivity index (χ2n) is 7.10. The summed E-state index contributed by atoms with van der Waals surface area (Å²) in [7, 11) is 0. The Kier molecular flexibility index (Phi) is 6.32. The molecule has 1 aromatic heterocycles. The Morgan fingerprint density at radius 1 is 1.19 bits per heavy atom. The van der Waals surface area contributed by atoms with E-state index in [0.717, 1.165) is 23.5 Å². The highest BCUT2D eigenvalue weighted by molar-refractivity contribution is 5.76. The molecule has 7 nitrogen and oxygen atoms in total. The summed E-state index contributed by atoms with van der Waals surface area (Å²) in [6.07, 6.45) is 2.55. The summed E-state index contributed by atoms with van der Waals surface area (Å²) in [4.78, 5) is 16.6. The summed E-state index contributed by atoms with van der Waals surface area (Å²) in [6.45, 7) is 7.30. The molecule has 27 heavy (non-hydrogen) atoms. The number of nitrogens with one attached hydrogen (secondary N) is 1. The fourth-order valence-electron chi connectivity index (χ4n) is 2.85. The van der Waals surface area contributed by atoms with Crippen LogP contribution in [0, 0.1) is 0 Å². The first kappa shape index (κ1) is 19.2. The molecule has 7 heteroatoms. The van der Waals surface area contributed by atoms with Crippen molar-refractivity contribution in [3.63, 3.8) is 0 Å². The van der Waals surface area contributed by atoms with Crippen LogP contribution in [0.5, 0.6) is 11.5 Å². The Bertz CT molecular complexity index is 772. The highest BCUT2D eigenvalue weighted by Crippen LogP contribution is 2.32. The molecule has 1 aromatic carbocycles. The lowest BCUT2D eigenvalue weighted by molar-refractivity contribution is -0.121. The average molecular weight is 373 g/mol. The molecule has 1 aliphatic heterocycles. The Labute approximate surface area is 159 Å². The van der Waals surface area contributed by atoms with E-state index in [1.165, 1.54) is 0 Å². The summed E-state index contributed by atoms with van der Waals surface area (Å²) in [5, 5.41) is 6.96. The molecular formula is C20H27N3O4. The maximum atomic E-state index is 12.2. The Morgan fingerprint density at radius 3 is 2.70 bits per heavy atom. The van der Waals surface area contributed by atoms with Crippen LogP contribution in [0.15, 0.2) is 22.7 Å². The van der Waals surface area contributed by atoms with E-state index in [1.54, 1.807) is 0 Å². The lowest BCUT2D eigenvalue weighted by Gasteiger charge is -2.16. The number of nitrogens with zero attached hydrogens (tertiary/aromatic N) is 2. The number of hydrogen-bond donors (Lipinski definition) is 1. The number of amides is 1. The van der Waals surface area contributed by atoms with Gasteiger partial charge in [0.1, 0.15) is 0 Å². The van der Waals surface area contributed by atoms with Crippen molar-refractivity contribution >= 4 is 5.91 Å². The summed E-state index contributed by atoms with van der Waals surface area (Å²) in [5.74, 6) is 3.03. The number of carbonyl (C=O) groups excluding carboxylic acids is 1. The minimum atomic E-state index is -0.106. The van der Waals surface area contributed by atoms with E-state index in [9.17, 15) is 4.79 Å². The topological polar surface area (TPSA) is 86.5 Å². The fourth-order valence-corrected chi connectivity index (χ4v) is 2.85. The van der Waals surface area contributed by atoms with Gasteiger partial charge >= 0.3 is 0 Å². The van der Waals surface area contributed by atoms with Crippen LogP contribution >= 0.6 is 0 Å². The monoisotopic (exact) mass is 373 g/mol. The van der Waals surface area contributed by atoms with Crippen LogP contribution < -0.4 is 14.8 Å². The van der Waals surface area contributed by atoms with E-state index in [1.807, 2.05) is 39.0 Å². The normalized spacial score (nSPS) is 14.7. The van der Waals surface area contributed by atoms with Crippen LogP contribution in [0.2, 0.25) is 0 Å². The van der Waals surface area contributed by atoms with Crippen LogP contribution in [0.25, 0.3) is 0 Å². The van der Waals surface area contributed by atoms with Gasteiger partial charge in [0.2, 0.25) is 11.8 Å². The SMILES string of the molecule is CC(C)c1noc(CCCC(=O)NC(C)c2ccc3c(c2)OCCCO3)n1. The van der Waals surface area contributed by atoms with Crippen LogP contribution in [0.3, 0.4) is 0 Å². The van der Waals surface area contributed by atoms with Gasteiger partial charge in [0.05, 0.1) is 19.3 Å². The van der Waals surface area contributed by atoms with E-state index in [-0.39, 0.29) is 17.9 Å². The van der Waals surface area contributed by atoms with Crippen molar-refractivity contribution in [2.24, 2.45) is 0 Å². The van der Waals surface area contributed by atoms with Crippen molar-refractivity contribution < 1.29 is 18.8 Å². The van der Waals surface area contributed by atoms with Gasteiger partial charge in [0.25, 0.3) is 0 Å². The number of ether oxygens (including phenoxy) is 2. The number of benzene rings is 1. The number of aromatic nitrogens is 2. The molecule has 1 aliphatic rings. The molecule has 146 valence electrons. The maximum absolute atomic E-state index is 12.2. The van der Waals surface area contributed by atoms with E-state index in [0.29, 0.717) is 44.2 Å². The van der Waals surface area contributed by atoms with Crippen LogP contribution in [-0.2, 0) is 11.2 Å². The molecule has 3 rings (SSSR count). The van der Waals surface area contributed by atoms with Gasteiger partial charge in [0.15, 0.2) is 17.3 Å². The molecule has 0 radical (unpaired) electrons. The van der Waals surface area contributed by atoms with Crippen LogP contribution in [0.1, 0.15) is 69.3 Å². The Hall–Kier alpha value is -2.57. The average Bonchev–Trinajstić information content (AvgIpc) is 2.99. The molecule has 0 bridgehead atoms. The van der Waals surface area contributed by atoms with Crippen molar-refractivity contribution in [1.29, 1.82) is 0 Å². The number of hydrogen-bond acceptors (Lipinski definition) is 6. The standard InChI is InChI=1S/C20H27N3O4/c1-13(2)20-22-19(27-23-20)7-4-6-18(24)21-14(3)15-8-9-16-17(12-15)26-11-5-10-25-16/h8-9,12-14H,4-7,10-11H2,1-3H3,(H,21,24). The highest BCUT2D eigenvalue weighted by Gasteiger charge is 2.16. The maximum Gasteiger partial charge on any atom is 0.226 e. The zero-order valence-electron chi connectivity index (χ0n) is 16.2. The summed E-state index contributed by atoms with van der Waals surface area (Å²) >= 11 is 0. The number of aryl methyl sites for hydroxylation is 1. The van der Waals surface area contributed by atoms with Crippen molar-refractivity contribution in [2.75, 3.05) is 13.2 Å². The molecule has 0 saturated carbocycles. The van der Waals surface area contributed by atoms with Gasteiger partial charge in [0, 0.05) is 25.2 Å². The molecule has 2 heterocycles. The minimum absolute atomic E-state index is 0.00166. The lowest BCUT2D eigenvalue weighted by Crippen LogP contribution is -2.26. The predicted molar refractivity (Wildman–Crippen MR) is 99.9 cm³/mol. The van der Waals surface area contributed by atoms with E-state index in [4.69, 9.17) is 14.0 Å². The second kappa shape index (κ2) is 8.88. The Morgan fingerprint density at radius 2 is 1.96 bits per heavy atom. The number of rotatable bonds is 7. The van der Waals surface area contributed by atoms with Gasteiger partial charge < -0.3 is 19.3 Å². The number of carbonyl (C=O) groups is 1. The van der Waals surface area contributed by atoms with E-state index >= 15 is 0 Å². The molecule has 0 aliphatic carbocycles. The molecular weight excluding hydrogens is 346 g/mol. The van der Waals surface area contributed by atoms with Crippen molar-refractivity contribution in [1.82, 2.24) is 15.5 Å². The van der Waals surface area contributed by atoms with Gasteiger partial charge in [-0.25, -0.2) is 0 Å². The molecule has 0 saturated heterocycles. The van der Waals surface area contributed by atoms with Gasteiger partial charge in [-0.05, 0) is 31.0 Å². The summed E-state index contributed by atoms with van der Waals surface area (Å²) in [5.41, 5.74) is 0.992. The smallest absolute Gasteiger partial charge is 0.226 e. The first-order valence-corrected chi connectivity index (χ1v) is 9.54. The van der Waals surface area contributed by atoms with Crippen molar-refractivity contribution in [3.05, 3.63) is 35.5 Å². The molecule has 2 aromatic rings. The molecule has 1 N–H and O–H groups in total. The van der Waals surface area contributed by atoms with Gasteiger partial charge in [-0.15, -0.1) is 0 Å². The largest absolute Gasteiger partial charge is 0.490 e. The molecule has 1 amide bonds. The van der Waals surface area contributed by atoms with Crippen LogP contribution in [-0.4, -0.2) is 29.3 Å².